The van der Waals surface area contributed by atoms with E-state index in [9.17, 15) is 14.4 Å². The van der Waals surface area contributed by atoms with Crippen LogP contribution in [0.1, 0.15) is 380 Å². The molecule has 6 nitrogen and oxygen atoms in total. The maximum absolute atomic E-state index is 12.9. The van der Waals surface area contributed by atoms with E-state index in [1.807, 2.05) is 0 Å². The van der Waals surface area contributed by atoms with Crippen LogP contribution in [0.3, 0.4) is 0 Å². The van der Waals surface area contributed by atoms with Gasteiger partial charge in [0.05, 0.1) is 0 Å². The molecule has 0 radical (unpaired) electrons. The van der Waals surface area contributed by atoms with Gasteiger partial charge in [-0.2, -0.15) is 0 Å². The summed E-state index contributed by atoms with van der Waals surface area (Å²) in [5, 5.41) is 0. The van der Waals surface area contributed by atoms with Gasteiger partial charge in [-0.1, -0.05) is 320 Å². The third kappa shape index (κ3) is 64.3. The van der Waals surface area contributed by atoms with Gasteiger partial charge in [-0.05, 0) is 77.0 Å². The van der Waals surface area contributed by atoms with Crippen molar-refractivity contribution < 1.29 is 28.6 Å². The normalized spacial score (nSPS) is 12.2. The van der Waals surface area contributed by atoms with E-state index in [1.165, 1.54) is 270 Å². The molecule has 0 aliphatic carbocycles. The van der Waals surface area contributed by atoms with Crippen LogP contribution < -0.4 is 0 Å². The zero-order chi connectivity index (χ0) is 55.7. The van der Waals surface area contributed by atoms with Gasteiger partial charge in [0.2, 0.25) is 0 Å². The fourth-order valence-electron chi connectivity index (χ4n) is 10.4. The third-order valence-corrected chi connectivity index (χ3v) is 15.6. The van der Waals surface area contributed by atoms with Crippen LogP contribution in [0.4, 0.5) is 0 Å². The zero-order valence-corrected chi connectivity index (χ0v) is 52.0. The van der Waals surface area contributed by atoms with E-state index in [0.29, 0.717) is 19.3 Å². The molecule has 452 valence electrons. The summed E-state index contributed by atoms with van der Waals surface area (Å²) >= 11 is 0. The Bertz CT molecular complexity index is 1290. The second-order valence-electron chi connectivity index (χ2n) is 23.4. The number of ether oxygens (including phenoxy) is 3. The van der Waals surface area contributed by atoms with E-state index < -0.39 is 6.10 Å². The van der Waals surface area contributed by atoms with Crippen molar-refractivity contribution in [1.82, 2.24) is 0 Å². The molecule has 0 bridgehead atoms. The first-order valence-corrected chi connectivity index (χ1v) is 34.5. The Kier molecular flexibility index (Phi) is 64.1. The van der Waals surface area contributed by atoms with Crippen molar-refractivity contribution in [2.45, 2.75) is 386 Å². The van der Waals surface area contributed by atoms with E-state index in [-0.39, 0.29) is 31.1 Å². The van der Waals surface area contributed by atoms with Crippen molar-refractivity contribution in [3.05, 3.63) is 36.5 Å². The lowest BCUT2D eigenvalue weighted by Crippen LogP contribution is -2.30. The van der Waals surface area contributed by atoms with Crippen molar-refractivity contribution in [1.29, 1.82) is 0 Å². The van der Waals surface area contributed by atoms with Crippen molar-refractivity contribution in [3.63, 3.8) is 0 Å². The molecule has 1 unspecified atom stereocenters. The topological polar surface area (TPSA) is 78.9 Å². The van der Waals surface area contributed by atoms with Gasteiger partial charge in [-0.3, -0.25) is 14.4 Å². The Morgan fingerprint density at radius 2 is 0.468 bits per heavy atom. The van der Waals surface area contributed by atoms with Crippen molar-refractivity contribution >= 4 is 17.9 Å². The minimum absolute atomic E-state index is 0.0695. The molecule has 0 aromatic heterocycles. The van der Waals surface area contributed by atoms with Crippen LogP contribution in [0.15, 0.2) is 36.5 Å². The molecule has 0 fully saturated rings. The Morgan fingerprint density at radius 1 is 0.260 bits per heavy atom. The number of allylic oxidation sites excluding steroid dienone is 6. The van der Waals surface area contributed by atoms with Crippen LogP contribution in [-0.2, 0) is 28.6 Å². The molecule has 0 heterocycles. The van der Waals surface area contributed by atoms with E-state index in [0.717, 1.165) is 70.6 Å². The second-order valence-corrected chi connectivity index (χ2v) is 23.4. The van der Waals surface area contributed by atoms with Gasteiger partial charge in [0.25, 0.3) is 0 Å². The van der Waals surface area contributed by atoms with Gasteiger partial charge in [0.1, 0.15) is 13.2 Å². The first-order valence-electron chi connectivity index (χ1n) is 34.5. The molecule has 0 aromatic rings. The summed E-state index contributed by atoms with van der Waals surface area (Å²) < 4.78 is 17.0. The smallest absolute Gasteiger partial charge is 0.306 e. The molecule has 0 rings (SSSR count). The monoisotopic (exact) mass is 1080 g/mol. The number of carbonyl (C=O) groups is 3. The van der Waals surface area contributed by atoms with E-state index in [4.69, 9.17) is 14.2 Å². The fourth-order valence-corrected chi connectivity index (χ4v) is 10.4. The Labute approximate surface area is 480 Å². The molecule has 0 N–H and O–H groups in total. The van der Waals surface area contributed by atoms with Crippen LogP contribution in [0.5, 0.6) is 0 Å². The lowest BCUT2D eigenvalue weighted by Gasteiger charge is -2.18. The maximum Gasteiger partial charge on any atom is 0.306 e. The van der Waals surface area contributed by atoms with Gasteiger partial charge in [0.15, 0.2) is 6.10 Å². The number of carbonyl (C=O) groups excluding carboxylic acids is 3. The number of esters is 3. The lowest BCUT2D eigenvalue weighted by molar-refractivity contribution is -0.167. The average Bonchev–Trinajstić information content (AvgIpc) is 3.43. The van der Waals surface area contributed by atoms with Gasteiger partial charge in [-0.25, -0.2) is 0 Å². The van der Waals surface area contributed by atoms with Gasteiger partial charge in [-0.15, -0.1) is 0 Å². The quantitative estimate of drug-likeness (QED) is 0.0261. The largest absolute Gasteiger partial charge is 0.462 e. The minimum atomic E-state index is -0.773. The van der Waals surface area contributed by atoms with Crippen LogP contribution in [-0.4, -0.2) is 37.2 Å². The number of unbranched alkanes of at least 4 members (excludes halogenated alkanes) is 47. The third-order valence-electron chi connectivity index (χ3n) is 15.6. The average molecular weight is 1080 g/mol. The summed E-state index contributed by atoms with van der Waals surface area (Å²) in [4.78, 5) is 38.4. The molecule has 0 spiro atoms. The first-order chi connectivity index (χ1) is 38.0. The molecular formula is C71H132O6. The highest BCUT2D eigenvalue weighted by molar-refractivity contribution is 5.71. The summed E-state index contributed by atoms with van der Waals surface area (Å²) in [5.41, 5.74) is 0. The molecule has 0 aliphatic rings. The molecule has 0 amide bonds. The van der Waals surface area contributed by atoms with Crippen molar-refractivity contribution in [3.8, 4) is 0 Å². The van der Waals surface area contributed by atoms with Gasteiger partial charge < -0.3 is 14.2 Å². The van der Waals surface area contributed by atoms with Crippen LogP contribution in [0.2, 0.25) is 0 Å². The van der Waals surface area contributed by atoms with E-state index >= 15 is 0 Å². The molecule has 0 saturated heterocycles. The van der Waals surface area contributed by atoms with Crippen molar-refractivity contribution in [2.75, 3.05) is 13.2 Å². The second kappa shape index (κ2) is 66.1. The SMILES string of the molecule is CCCCCCC/C=C\C/C=C\CCCCCCCCCCCCCCCCCC(=O)OCC(COC(=O)CCCCCCC/C=C\CCCCCCC)OC(=O)CCCCCCCCCCCCCCCCCCCC. The number of hydrogen-bond donors (Lipinski definition) is 0. The highest BCUT2D eigenvalue weighted by Gasteiger charge is 2.19. The highest BCUT2D eigenvalue weighted by atomic mass is 16.6. The molecule has 1 atom stereocenters. The van der Waals surface area contributed by atoms with E-state index in [1.54, 1.807) is 0 Å². The summed E-state index contributed by atoms with van der Waals surface area (Å²) in [6.07, 6.45) is 81.7. The van der Waals surface area contributed by atoms with Crippen LogP contribution in [0, 0.1) is 0 Å². The Balaban J connectivity index is 4.23. The predicted octanol–water partition coefficient (Wildman–Crippen LogP) is 23.6. The van der Waals surface area contributed by atoms with Gasteiger partial charge in [0, 0.05) is 19.3 Å². The molecular weight excluding hydrogens is 949 g/mol. The Morgan fingerprint density at radius 3 is 0.727 bits per heavy atom. The molecule has 0 aliphatic heterocycles. The summed E-state index contributed by atoms with van der Waals surface area (Å²) in [5.74, 6) is -0.850. The minimum Gasteiger partial charge on any atom is -0.462 e. The molecule has 6 heteroatoms. The summed E-state index contributed by atoms with van der Waals surface area (Å²) in [6, 6.07) is 0. The number of rotatable bonds is 64. The first kappa shape index (κ1) is 74.6. The van der Waals surface area contributed by atoms with Crippen LogP contribution >= 0.6 is 0 Å². The predicted molar refractivity (Wildman–Crippen MR) is 335 cm³/mol. The maximum atomic E-state index is 12.9. The standard InChI is InChI=1S/C71H132O6/c1-4-7-10-13-16-19-22-25-28-30-32-33-34-35-36-37-38-39-40-42-43-46-49-52-55-58-61-64-70(73)76-67-68(66-75-69(72)63-60-57-54-51-48-45-27-24-21-18-15-12-9-6-3)77-71(74)65-62-59-56-53-50-47-44-41-31-29-26-23-20-17-14-11-8-5-2/h22,24-25,27,30,32,68H,4-21,23,26,28-29,31,33-67H2,1-3H3/b25-22-,27-24-,32-30-. The molecule has 77 heavy (non-hydrogen) atoms. The summed E-state index contributed by atoms with van der Waals surface area (Å²) in [7, 11) is 0. The fraction of sp³-hybridized carbons (Fsp3) is 0.873. The van der Waals surface area contributed by atoms with Gasteiger partial charge >= 0.3 is 17.9 Å². The van der Waals surface area contributed by atoms with Crippen molar-refractivity contribution in [2.24, 2.45) is 0 Å². The Hall–Kier alpha value is -2.37. The summed E-state index contributed by atoms with van der Waals surface area (Å²) in [6.45, 7) is 6.68. The molecule has 0 saturated carbocycles. The zero-order valence-electron chi connectivity index (χ0n) is 52.0. The highest BCUT2D eigenvalue weighted by Crippen LogP contribution is 2.18. The molecule has 0 aromatic carbocycles. The lowest BCUT2D eigenvalue weighted by atomic mass is 10.0. The van der Waals surface area contributed by atoms with Crippen LogP contribution in [0.25, 0.3) is 0 Å². The number of hydrogen-bond acceptors (Lipinski definition) is 6. The van der Waals surface area contributed by atoms with E-state index in [2.05, 4.69) is 57.2 Å².